The Kier molecular flexibility index (Phi) is 7.25. The van der Waals surface area contributed by atoms with E-state index in [0.717, 1.165) is 38.0 Å². The molecule has 2 heterocycles. The van der Waals surface area contributed by atoms with Crippen LogP contribution in [0.25, 0.3) is 0 Å². The highest BCUT2D eigenvalue weighted by molar-refractivity contribution is 5.77. The molecule has 0 aromatic carbocycles. The number of rotatable bonds is 6. The summed E-state index contributed by atoms with van der Waals surface area (Å²) in [7, 11) is 0. The van der Waals surface area contributed by atoms with Gasteiger partial charge in [-0.25, -0.2) is 0 Å². The van der Waals surface area contributed by atoms with Crippen LogP contribution < -0.4 is 5.32 Å². The van der Waals surface area contributed by atoms with Gasteiger partial charge in [0.05, 0.1) is 11.7 Å². The van der Waals surface area contributed by atoms with Crippen molar-refractivity contribution < 1.29 is 9.59 Å². The topological polar surface area (TPSA) is 62.3 Å². The van der Waals surface area contributed by atoms with Gasteiger partial charge in [0.25, 0.3) is 0 Å². The van der Waals surface area contributed by atoms with E-state index in [4.69, 9.17) is 0 Å². The van der Waals surface area contributed by atoms with Gasteiger partial charge < -0.3 is 10.2 Å². The van der Waals surface area contributed by atoms with E-state index >= 15 is 0 Å². The Morgan fingerprint density at radius 1 is 1.07 bits per heavy atom. The monoisotopic (exact) mass is 371 g/mol. The van der Waals surface area contributed by atoms with Crippen molar-refractivity contribution >= 4 is 11.8 Å². The number of nitrogens with zero attached hydrogens (tertiary/aromatic N) is 2. The zero-order chi connectivity index (χ0) is 19.1. The lowest BCUT2D eigenvalue weighted by Crippen LogP contribution is -2.40. The summed E-state index contributed by atoms with van der Waals surface area (Å²) >= 11 is 0. The SMILES string of the molecule is C[C@H](NC(=O)CC1CCN(C(=O)CC2CCCCC2)CC1)c1ccccn1. The Bertz CT molecular complexity index is 605. The van der Waals surface area contributed by atoms with Gasteiger partial charge in [-0.05, 0) is 56.6 Å². The van der Waals surface area contributed by atoms with Gasteiger partial charge in [0.1, 0.15) is 0 Å². The normalized spacial score (nSPS) is 20.3. The van der Waals surface area contributed by atoms with Crippen LogP contribution in [0.3, 0.4) is 0 Å². The van der Waals surface area contributed by atoms with Gasteiger partial charge in [0, 0.05) is 32.1 Å². The summed E-state index contributed by atoms with van der Waals surface area (Å²) in [5.41, 5.74) is 0.883. The van der Waals surface area contributed by atoms with Crippen LogP contribution >= 0.6 is 0 Å². The maximum absolute atomic E-state index is 12.5. The summed E-state index contributed by atoms with van der Waals surface area (Å²) in [6, 6.07) is 5.67. The standard InChI is InChI=1S/C22H33N3O2/c1-17(20-9-5-6-12-23-20)24-21(26)15-19-10-13-25(14-11-19)22(27)16-18-7-3-2-4-8-18/h5-6,9,12,17-19H,2-4,7-8,10-11,13-16H2,1H3,(H,24,26)/t17-/m0/s1. The molecule has 5 heteroatoms. The number of likely N-dealkylation sites (tertiary alicyclic amines) is 1. The van der Waals surface area contributed by atoms with Crippen molar-refractivity contribution in [3.8, 4) is 0 Å². The van der Waals surface area contributed by atoms with Crippen molar-refractivity contribution in [1.29, 1.82) is 0 Å². The van der Waals surface area contributed by atoms with E-state index in [0.29, 0.717) is 24.2 Å². The average molecular weight is 372 g/mol. The van der Waals surface area contributed by atoms with Crippen LogP contribution in [-0.2, 0) is 9.59 Å². The van der Waals surface area contributed by atoms with Gasteiger partial charge >= 0.3 is 0 Å². The van der Waals surface area contributed by atoms with Crippen LogP contribution in [-0.4, -0.2) is 34.8 Å². The van der Waals surface area contributed by atoms with E-state index in [1.54, 1.807) is 6.20 Å². The maximum atomic E-state index is 12.5. The molecule has 2 fully saturated rings. The zero-order valence-electron chi connectivity index (χ0n) is 16.5. The third kappa shape index (κ3) is 6.05. The van der Waals surface area contributed by atoms with Gasteiger partial charge in [-0.15, -0.1) is 0 Å². The van der Waals surface area contributed by atoms with Crippen molar-refractivity contribution in [2.75, 3.05) is 13.1 Å². The van der Waals surface area contributed by atoms with Crippen LogP contribution in [0.2, 0.25) is 0 Å². The maximum Gasteiger partial charge on any atom is 0.222 e. The molecule has 0 spiro atoms. The van der Waals surface area contributed by atoms with E-state index < -0.39 is 0 Å². The van der Waals surface area contributed by atoms with E-state index in [1.807, 2.05) is 30.0 Å². The quantitative estimate of drug-likeness (QED) is 0.826. The lowest BCUT2D eigenvalue weighted by Gasteiger charge is -2.33. The number of pyridine rings is 1. The number of carbonyl (C=O) groups is 2. The highest BCUT2D eigenvalue weighted by atomic mass is 16.2. The predicted molar refractivity (Wildman–Crippen MR) is 106 cm³/mol. The predicted octanol–water partition coefficient (Wildman–Crippen LogP) is 3.86. The van der Waals surface area contributed by atoms with Crippen molar-refractivity contribution in [3.63, 3.8) is 0 Å². The molecule has 1 aromatic rings. The van der Waals surface area contributed by atoms with Crippen molar-refractivity contribution in [3.05, 3.63) is 30.1 Å². The number of nitrogens with one attached hydrogen (secondary N) is 1. The molecule has 0 unspecified atom stereocenters. The Balaban J connectivity index is 1.37. The Morgan fingerprint density at radius 2 is 1.78 bits per heavy atom. The molecule has 27 heavy (non-hydrogen) atoms. The van der Waals surface area contributed by atoms with E-state index in [-0.39, 0.29) is 11.9 Å². The molecular formula is C22H33N3O2. The zero-order valence-corrected chi connectivity index (χ0v) is 16.5. The number of hydrogen-bond acceptors (Lipinski definition) is 3. The molecule has 1 atom stereocenters. The molecule has 1 aliphatic heterocycles. The second kappa shape index (κ2) is 9.86. The van der Waals surface area contributed by atoms with Crippen LogP contribution in [0.5, 0.6) is 0 Å². The molecule has 1 N–H and O–H groups in total. The Morgan fingerprint density at radius 3 is 2.44 bits per heavy atom. The minimum atomic E-state index is -0.0733. The molecular weight excluding hydrogens is 338 g/mol. The van der Waals surface area contributed by atoms with Crippen LogP contribution in [0.15, 0.2) is 24.4 Å². The first-order valence-corrected chi connectivity index (χ1v) is 10.6. The third-order valence-corrected chi connectivity index (χ3v) is 6.14. The molecule has 2 aliphatic rings. The number of aromatic nitrogens is 1. The number of carbonyl (C=O) groups excluding carboxylic acids is 2. The molecule has 148 valence electrons. The van der Waals surface area contributed by atoms with Crippen LogP contribution in [0.4, 0.5) is 0 Å². The summed E-state index contributed by atoms with van der Waals surface area (Å²) < 4.78 is 0. The van der Waals surface area contributed by atoms with Gasteiger partial charge in [-0.1, -0.05) is 25.3 Å². The number of piperidine rings is 1. The lowest BCUT2D eigenvalue weighted by atomic mass is 9.86. The fraction of sp³-hybridized carbons (Fsp3) is 0.682. The van der Waals surface area contributed by atoms with E-state index in [2.05, 4.69) is 10.3 Å². The Hall–Kier alpha value is -1.91. The van der Waals surface area contributed by atoms with Crippen LogP contribution in [0, 0.1) is 11.8 Å². The first-order valence-electron chi connectivity index (χ1n) is 10.6. The second-order valence-corrected chi connectivity index (χ2v) is 8.28. The molecule has 1 aromatic heterocycles. The summed E-state index contributed by atoms with van der Waals surface area (Å²) in [5, 5.41) is 3.05. The number of amides is 2. The minimum absolute atomic E-state index is 0.0733. The molecule has 5 nitrogen and oxygen atoms in total. The first-order chi connectivity index (χ1) is 13.1. The number of hydrogen-bond donors (Lipinski definition) is 1. The van der Waals surface area contributed by atoms with Crippen molar-refractivity contribution in [2.45, 2.75) is 70.8 Å². The van der Waals surface area contributed by atoms with Gasteiger partial charge in [-0.3, -0.25) is 14.6 Å². The van der Waals surface area contributed by atoms with Gasteiger partial charge in [0.2, 0.25) is 11.8 Å². The minimum Gasteiger partial charge on any atom is -0.348 e. The molecule has 1 saturated carbocycles. The second-order valence-electron chi connectivity index (χ2n) is 8.28. The molecule has 3 rings (SSSR count). The van der Waals surface area contributed by atoms with Gasteiger partial charge in [0.15, 0.2) is 0 Å². The summed E-state index contributed by atoms with van der Waals surface area (Å²) in [4.78, 5) is 31.2. The summed E-state index contributed by atoms with van der Waals surface area (Å²) in [5.74, 6) is 1.39. The molecule has 2 amide bonds. The molecule has 1 saturated heterocycles. The largest absolute Gasteiger partial charge is 0.348 e. The van der Waals surface area contributed by atoms with Crippen LogP contribution in [0.1, 0.15) is 76.4 Å². The third-order valence-electron chi connectivity index (χ3n) is 6.14. The first kappa shape index (κ1) is 19.8. The highest BCUT2D eigenvalue weighted by Gasteiger charge is 2.26. The molecule has 1 aliphatic carbocycles. The van der Waals surface area contributed by atoms with Gasteiger partial charge in [-0.2, -0.15) is 0 Å². The molecule has 0 radical (unpaired) electrons. The Labute approximate surface area is 162 Å². The molecule has 0 bridgehead atoms. The van der Waals surface area contributed by atoms with Crippen molar-refractivity contribution in [1.82, 2.24) is 15.2 Å². The average Bonchev–Trinajstić information content (AvgIpc) is 2.70. The fourth-order valence-electron chi connectivity index (χ4n) is 4.42. The van der Waals surface area contributed by atoms with E-state index in [9.17, 15) is 9.59 Å². The summed E-state index contributed by atoms with van der Waals surface area (Å²) in [6.45, 7) is 3.57. The van der Waals surface area contributed by atoms with Crippen molar-refractivity contribution in [2.24, 2.45) is 11.8 Å². The summed E-state index contributed by atoms with van der Waals surface area (Å²) in [6.07, 6.45) is 11.2. The highest BCUT2D eigenvalue weighted by Crippen LogP contribution is 2.28. The smallest absolute Gasteiger partial charge is 0.222 e. The van der Waals surface area contributed by atoms with E-state index in [1.165, 1.54) is 32.1 Å². The lowest BCUT2D eigenvalue weighted by molar-refractivity contribution is -0.134. The fourth-order valence-corrected chi connectivity index (χ4v) is 4.42.